The number of hydrogen-bond acceptors (Lipinski definition) is 10. The summed E-state index contributed by atoms with van der Waals surface area (Å²) >= 11 is 6.27. The quantitative estimate of drug-likeness (QED) is 0.187. The lowest BCUT2D eigenvalue weighted by Crippen LogP contribution is -2.33. The predicted molar refractivity (Wildman–Crippen MR) is 135 cm³/mol. The van der Waals surface area contributed by atoms with Gasteiger partial charge in [-0.2, -0.15) is 15.1 Å². The van der Waals surface area contributed by atoms with Gasteiger partial charge in [0.1, 0.15) is 24.1 Å². The molecule has 1 aromatic carbocycles. The van der Waals surface area contributed by atoms with Gasteiger partial charge < -0.3 is 39.1 Å². The Kier molecular flexibility index (Phi) is 7.42. The van der Waals surface area contributed by atoms with E-state index in [4.69, 9.17) is 30.6 Å². The molecule has 0 spiro atoms. The van der Waals surface area contributed by atoms with Crippen LogP contribution in [0.1, 0.15) is 29.8 Å². The van der Waals surface area contributed by atoms with Gasteiger partial charge in [-0.3, -0.25) is 9.13 Å². The second-order valence-electron chi connectivity index (χ2n) is 9.29. The van der Waals surface area contributed by atoms with Crippen LogP contribution in [0.4, 0.5) is 5.82 Å². The molecule has 3 aromatic rings. The summed E-state index contributed by atoms with van der Waals surface area (Å²) in [6, 6.07) is 8.20. The topological polar surface area (TPSA) is 201 Å². The summed E-state index contributed by atoms with van der Waals surface area (Å²) < 4.78 is 34.7. The van der Waals surface area contributed by atoms with E-state index in [1.165, 1.54) is 22.0 Å². The number of ether oxygens (including phenoxy) is 1. The van der Waals surface area contributed by atoms with Crippen LogP contribution >= 0.6 is 26.8 Å². The molecule has 0 bridgehead atoms. The van der Waals surface area contributed by atoms with E-state index < -0.39 is 52.2 Å². The fourth-order valence-corrected chi connectivity index (χ4v) is 7.69. The highest BCUT2D eigenvalue weighted by Crippen LogP contribution is 2.55. The minimum Gasteiger partial charge on any atom is -0.387 e. The minimum atomic E-state index is -4.83. The molecule has 5 N–H and O–H groups in total. The third-order valence-electron chi connectivity index (χ3n) is 6.69. The van der Waals surface area contributed by atoms with Crippen molar-refractivity contribution in [2.45, 2.75) is 43.4 Å². The molecule has 17 heteroatoms. The summed E-state index contributed by atoms with van der Waals surface area (Å²) in [5.74, 6) is -0.880. The minimum absolute atomic E-state index is 0.0442. The maximum absolute atomic E-state index is 12.0. The van der Waals surface area contributed by atoms with Gasteiger partial charge in [0.2, 0.25) is 5.28 Å². The number of fused-ring (bicyclic) bond motifs is 2. The summed E-state index contributed by atoms with van der Waals surface area (Å²) in [4.78, 5) is 38.3. The SMILES string of the molecule is CN(c1nc(Cl)nc2c1cnn2[C@@H]1O[C@H](COP(=O)(O)CP(=O)(O)O)[C@@H](O)[C@H]1O)C1CCc2ccccc21. The number of nitrogens with zero attached hydrogens (tertiary/aromatic N) is 5. The highest BCUT2D eigenvalue weighted by molar-refractivity contribution is 7.70. The van der Waals surface area contributed by atoms with Crippen LogP contribution in [-0.4, -0.2) is 82.5 Å². The first-order valence-corrected chi connectivity index (χ1v) is 15.5. The van der Waals surface area contributed by atoms with Gasteiger partial charge in [0, 0.05) is 7.05 Å². The standard InChI is InChI=1S/C21H26ClN5O9P2/c1-26(14-7-6-11-4-2-3-5-12(11)14)18-13-8-23-27(19(13)25-21(22)24-18)20-17(29)16(28)15(36-20)9-35-38(33,34)10-37(30,31)32/h2-5,8,14-17,20,28-29H,6-7,9-10H2,1H3,(H,33,34)(H2,30,31,32)/t14?,15-,16-,17-,20-/m1/s1. The van der Waals surface area contributed by atoms with E-state index in [1.807, 2.05) is 24.1 Å². The average molecular weight is 590 g/mol. The molecular formula is C21H26ClN5O9P2. The fourth-order valence-electron chi connectivity index (χ4n) is 4.96. The van der Waals surface area contributed by atoms with Crippen molar-refractivity contribution < 1.29 is 43.3 Å². The maximum atomic E-state index is 12.0. The van der Waals surface area contributed by atoms with Crippen molar-refractivity contribution in [2.24, 2.45) is 0 Å². The molecule has 2 aliphatic rings. The van der Waals surface area contributed by atoms with Gasteiger partial charge in [0.05, 0.1) is 24.2 Å². The number of benzene rings is 1. The Morgan fingerprint density at radius 2 is 1.92 bits per heavy atom. The lowest BCUT2D eigenvalue weighted by atomic mass is 10.1. The zero-order valence-corrected chi connectivity index (χ0v) is 22.5. The summed E-state index contributed by atoms with van der Waals surface area (Å²) in [6.07, 6.45) is -2.39. The van der Waals surface area contributed by atoms with Crippen LogP contribution in [0.5, 0.6) is 0 Å². The molecule has 2 unspecified atom stereocenters. The van der Waals surface area contributed by atoms with E-state index in [0.717, 1.165) is 12.8 Å². The Morgan fingerprint density at radius 1 is 1.18 bits per heavy atom. The van der Waals surface area contributed by atoms with Crippen molar-refractivity contribution in [3.8, 4) is 0 Å². The Bertz CT molecular complexity index is 1450. The van der Waals surface area contributed by atoms with Gasteiger partial charge in [0.25, 0.3) is 0 Å². The van der Waals surface area contributed by atoms with Gasteiger partial charge in [-0.05, 0) is 35.6 Å². The maximum Gasteiger partial charge on any atom is 0.340 e. The van der Waals surface area contributed by atoms with Gasteiger partial charge >= 0.3 is 15.2 Å². The molecule has 6 atom stereocenters. The van der Waals surface area contributed by atoms with Gasteiger partial charge in [0.15, 0.2) is 17.8 Å². The summed E-state index contributed by atoms with van der Waals surface area (Å²) in [5, 5.41) is 25.9. The van der Waals surface area contributed by atoms with Crippen LogP contribution in [0.3, 0.4) is 0 Å². The van der Waals surface area contributed by atoms with E-state index in [-0.39, 0.29) is 17.0 Å². The molecule has 14 nitrogen and oxygen atoms in total. The normalized spacial score (nSPS) is 27.0. The molecule has 5 rings (SSSR count). The van der Waals surface area contributed by atoms with Crippen LogP contribution in [0.25, 0.3) is 11.0 Å². The van der Waals surface area contributed by atoms with E-state index in [9.17, 15) is 24.2 Å². The number of anilines is 1. The second kappa shape index (κ2) is 10.2. The zero-order chi connectivity index (χ0) is 27.4. The van der Waals surface area contributed by atoms with Crippen molar-refractivity contribution in [2.75, 3.05) is 24.5 Å². The highest BCUT2D eigenvalue weighted by atomic mass is 35.5. The third-order valence-corrected chi connectivity index (χ3v) is 10.3. The largest absolute Gasteiger partial charge is 0.387 e. The van der Waals surface area contributed by atoms with Crippen molar-refractivity contribution >= 4 is 43.6 Å². The first-order valence-electron chi connectivity index (χ1n) is 11.6. The second-order valence-corrected chi connectivity index (χ2v) is 13.6. The van der Waals surface area contributed by atoms with Crippen LogP contribution < -0.4 is 4.90 Å². The lowest BCUT2D eigenvalue weighted by Gasteiger charge is -2.27. The number of aliphatic hydroxyl groups excluding tert-OH is 2. The monoisotopic (exact) mass is 589 g/mol. The Balaban J connectivity index is 1.40. The molecule has 206 valence electrons. The molecule has 1 aliphatic carbocycles. The summed E-state index contributed by atoms with van der Waals surface area (Å²) in [7, 11) is -7.63. The molecule has 0 radical (unpaired) electrons. The van der Waals surface area contributed by atoms with Crippen LogP contribution in [-0.2, 0) is 24.8 Å². The van der Waals surface area contributed by atoms with Crippen molar-refractivity contribution in [1.29, 1.82) is 0 Å². The van der Waals surface area contributed by atoms with Crippen molar-refractivity contribution in [1.82, 2.24) is 19.7 Å². The zero-order valence-electron chi connectivity index (χ0n) is 20.0. The van der Waals surface area contributed by atoms with Gasteiger partial charge in [-0.15, -0.1) is 0 Å². The first-order chi connectivity index (χ1) is 17.8. The lowest BCUT2D eigenvalue weighted by molar-refractivity contribution is -0.0541. The van der Waals surface area contributed by atoms with Crippen LogP contribution in [0.2, 0.25) is 5.28 Å². The average Bonchev–Trinajstić information content (AvgIpc) is 3.52. The van der Waals surface area contributed by atoms with E-state index in [0.29, 0.717) is 11.2 Å². The van der Waals surface area contributed by atoms with Crippen LogP contribution in [0.15, 0.2) is 30.5 Å². The van der Waals surface area contributed by atoms with Gasteiger partial charge in [-0.25, -0.2) is 4.68 Å². The molecule has 1 aliphatic heterocycles. The van der Waals surface area contributed by atoms with E-state index in [1.54, 1.807) is 0 Å². The molecule has 0 amide bonds. The number of aliphatic hydroxyl groups is 2. The fraction of sp³-hybridized carbons (Fsp3) is 0.476. The van der Waals surface area contributed by atoms with Crippen molar-refractivity contribution in [3.05, 3.63) is 46.9 Å². The molecule has 38 heavy (non-hydrogen) atoms. The molecule has 1 fully saturated rings. The molecule has 3 heterocycles. The predicted octanol–water partition coefficient (Wildman–Crippen LogP) is 1.56. The number of aryl methyl sites for hydroxylation is 1. The van der Waals surface area contributed by atoms with Crippen molar-refractivity contribution in [3.63, 3.8) is 0 Å². The number of aromatic nitrogens is 4. The highest BCUT2D eigenvalue weighted by Gasteiger charge is 2.46. The molecule has 1 saturated heterocycles. The Hall–Kier alpha value is -1.96. The summed E-state index contributed by atoms with van der Waals surface area (Å²) in [6.45, 7) is -0.716. The molecule has 2 aromatic heterocycles. The van der Waals surface area contributed by atoms with E-state index >= 15 is 0 Å². The number of rotatable bonds is 8. The first kappa shape index (κ1) is 27.6. The Morgan fingerprint density at radius 3 is 2.66 bits per heavy atom. The number of halogens is 1. The van der Waals surface area contributed by atoms with E-state index in [2.05, 4.69) is 27.2 Å². The smallest absolute Gasteiger partial charge is 0.340 e. The third kappa shape index (κ3) is 5.39. The molecule has 0 saturated carbocycles. The van der Waals surface area contributed by atoms with Gasteiger partial charge in [-0.1, -0.05) is 24.3 Å². The number of hydrogen-bond donors (Lipinski definition) is 5. The Labute approximate surface area is 221 Å². The summed E-state index contributed by atoms with van der Waals surface area (Å²) in [5.41, 5.74) is 2.67. The van der Waals surface area contributed by atoms with Crippen LogP contribution in [0, 0.1) is 0 Å². The molecular weight excluding hydrogens is 564 g/mol.